The molecule has 1 aromatic rings. The molecule has 1 rings (SSSR count). The fourth-order valence-electron chi connectivity index (χ4n) is 0.705. The summed E-state index contributed by atoms with van der Waals surface area (Å²) < 4.78 is 1.35. The zero-order chi connectivity index (χ0) is 8.27. The predicted octanol–water partition coefficient (Wildman–Crippen LogP) is -1.39. The van der Waals surface area contributed by atoms with Crippen LogP contribution in [0.1, 0.15) is 10.6 Å². The highest BCUT2D eigenvalue weighted by Crippen LogP contribution is 1.88. The maximum Gasteiger partial charge on any atom is 0.219 e. The molecule has 0 spiro atoms. The number of hydrogen-bond acceptors (Lipinski definition) is 5. The molecule has 0 aliphatic heterocycles. The molecule has 0 aromatic carbocycles. The zero-order valence-electron chi connectivity index (χ0n) is 6.40. The van der Waals surface area contributed by atoms with Crippen LogP contribution >= 0.6 is 0 Å². The summed E-state index contributed by atoms with van der Waals surface area (Å²) in [6.07, 6.45) is 0. The van der Waals surface area contributed by atoms with Gasteiger partial charge in [-0.25, -0.2) is 4.68 Å². The first-order chi connectivity index (χ1) is 5.25. The Kier molecular flexibility index (Phi) is 2.27. The number of aromatic nitrogens is 4. The SMILES string of the molecule is CNCC(=O)c1nnnn1C. The fourth-order valence-corrected chi connectivity index (χ4v) is 0.705. The molecule has 0 fully saturated rings. The third kappa shape index (κ3) is 1.58. The quantitative estimate of drug-likeness (QED) is 0.544. The van der Waals surface area contributed by atoms with Crippen molar-refractivity contribution in [3.63, 3.8) is 0 Å². The molecule has 0 bridgehead atoms. The van der Waals surface area contributed by atoms with Crippen molar-refractivity contribution in [2.45, 2.75) is 0 Å². The minimum atomic E-state index is -0.111. The molecule has 60 valence electrons. The molecule has 11 heavy (non-hydrogen) atoms. The number of hydrogen-bond donors (Lipinski definition) is 1. The van der Waals surface area contributed by atoms with Crippen molar-refractivity contribution >= 4 is 5.78 Å². The molecule has 0 radical (unpaired) electrons. The fraction of sp³-hybridized carbons (Fsp3) is 0.600. The summed E-state index contributed by atoms with van der Waals surface area (Å²) in [5.41, 5.74) is 0. The van der Waals surface area contributed by atoms with Crippen LogP contribution in [0, 0.1) is 0 Å². The van der Waals surface area contributed by atoms with Gasteiger partial charge in [0.25, 0.3) is 0 Å². The first kappa shape index (κ1) is 7.80. The number of nitrogens with one attached hydrogen (secondary N) is 1. The first-order valence-electron chi connectivity index (χ1n) is 3.16. The highest BCUT2D eigenvalue weighted by atomic mass is 16.1. The van der Waals surface area contributed by atoms with Crippen molar-refractivity contribution in [2.24, 2.45) is 7.05 Å². The monoisotopic (exact) mass is 155 g/mol. The second-order valence-electron chi connectivity index (χ2n) is 2.08. The van der Waals surface area contributed by atoms with E-state index in [1.165, 1.54) is 4.68 Å². The second kappa shape index (κ2) is 3.20. The summed E-state index contributed by atoms with van der Waals surface area (Å²) in [6, 6.07) is 0. The van der Waals surface area contributed by atoms with E-state index in [-0.39, 0.29) is 18.2 Å². The predicted molar refractivity (Wildman–Crippen MR) is 37.1 cm³/mol. The Hall–Kier alpha value is -1.30. The number of rotatable bonds is 3. The Labute approximate surface area is 63.6 Å². The maximum atomic E-state index is 11.1. The highest BCUT2D eigenvalue weighted by Gasteiger charge is 2.10. The molecule has 0 saturated heterocycles. The van der Waals surface area contributed by atoms with Crippen molar-refractivity contribution < 1.29 is 4.79 Å². The summed E-state index contributed by atoms with van der Waals surface area (Å²) in [6.45, 7) is 0.258. The van der Waals surface area contributed by atoms with Crippen LogP contribution in [0.25, 0.3) is 0 Å². The molecule has 1 heterocycles. The van der Waals surface area contributed by atoms with Gasteiger partial charge in [-0.1, -0.05) is 0 Å². The summed E-state index contributed by atoms with van der Waals surface area (Å²) in [4.78, 5) is 11.1. The van der Waals surface area contributed by atoms with E-state index in [9.17, 15) is 4.79 Å². The van der Waals surface area contributed by atoms with Crippen LogP contribution in [0.4, 0.5) is 0 Å². The first-order valence-corrected chi connectivity index (χ1v) is 3.16. The van der Waals surface area contributed by atoms with E-state index in [0.29, 0.717) is 0 Å². The molecule has 0 atom stereocenters. The van der Waals surface area contributed by atoms with Crippen LogP contribution < -0.4 is 5.32 Å². The lowest BCUT2D eigenvalue weighted by atomic mass is 10.4. The van der Waals surface area contributed by atoms with E-state index in [2.05, 4.69) is 20.8 Å². The number of carbonyl (C=O) groups excluding carboxylic acids is 1. The third-order valence-electron chi connectivity index (χ3n) is 1.21. The van der Waals surface area contributed by atoms with Gasteiger partial charge in [0.2, 0.25) is 11.6 Å². The topological polar surface area (TPSA) is 72.7 Å². The van der Waals surface area contributed by atoms with Gasteiger partial charge < -0.3 is 5.32 Å². The number of ketones is 1. The standard InChI is InChI=1S/C5H9N5O/c1-6-3-4(11)5-7-8-9-10(5)2/h6H,3H2,1-2H3. The molecule has 0 saturated carbocycles. The van der Waals surface area contributed by atoms with E-state index in [1.54, 1.807) is 14.1 Å². The van der Waals surface area contributed by atoms with Crippen LogP contribution in [-0.4, -0.2) is 39.6 Å². The van der Waals surface area contributed by atoms with Crippen molar-refractivity contribution in [2.75, 3.05) is 13.6 Å². The van der Waals surface area contributed by atoms with E-state index in [0.717, 1.165) is 0 Å². The number of nitrogens with zero attached hydrogens (tertiary/aromatic N) is 4. The number of tetrazole rings is 1. The number of likely N-dealkylation sites (N-methyl/N-ethyl adjacent to an activating group) is 1. The van der Waals surface area contributed by atoms with Gasteiger partial charge in [-0.05, 0) is 17.5 Å². The molecule has 6 nitrogen and oxygen atoms in total. The minimum absolute atomic E-state index is 0.111. The highest BCUT2D eigenvalue weighted by molar-refractivity contribution is 5.94. The lowest BCUT2D eigenvalue weighted by molar-refractivity contribution is 0.0979. The smallest absolute Gasteiger partial charge is 0.219 e. The van der Waals surface area contributed by atoms with Crippen LogP contribution in [0.3, 0.4) is 0 Å². The lowest BCUT2D eigenvalue weighted by Gasteiger charge is -1.95. The summed E-state index contributed by atoms with van der Waals surface area (Å²) in [5, 5.41) is 13.1. The maximum absolute atomic E-state index is 11.1. The summed E-state index contributed by atoms with van der Waals surface area (Å²) >= 11 is 0. The van der Waals surface area contributed by atoms with Gasteiger partial charge >= 0.3 is 0 Å². The third-order valence-corrected chi connectivity index (χ3v) is 1.21. The average molecular weight is 155 g/mol. The summed E-state index contributed by atoms with van der Waals surface area (Å²) in [7, 11) is 3.32. The number of Topliss-reactive ketones (excluding diaryl/α,β-unsaturated/α-hetero) is 1. The van der Waals surface area contributed by atoms with Gasteiger partial charge in [-0.2, -0.15) is 0 Å². The average Bonchev–Trinajstić information content (AvgIpc) is 2.36. The molecule has 0 unspecified atom stereocenters. The van der Waals surface area contributed by atoms with Crippen LogP contribution in [0.5, 0.6) is 0 Å². The van der Waals surface area contributed by atoms with E-state index in [4.69, 9.17) is 0 Å². The van der Waals surface area contributed by atoms with Gasteiger partial charge in [-0.15, -0.1) is 5.10 Å². The Morgan fingerprint density at radius 3 is 2.91 bits per heavy atom. The summed E-state index contributed by atoms with van der Waals surface area (Å²) in [5.74, 6) is 0.166. The lowest BCUT2D eigenvalue weighted by Crippen LogP contribution is -2.21. The molecule has 0 amide bonds. The molecule has 0 aliphatic rings. The van der Waals surface area contributed by atoms with Crippen molar-refractivity contribution in [3.8, 4) is 0 Å². The van der Waals surface area contributed by atoms with Crippen LogP contribution in [0.15, 0.2) is 0 Å². The van der Waals surface area contributed by atoms with Gasteiger partial charge in [-0.3, -0.25) is 4.79 Å². The van der Waals surface area contributed by atoms with Crippen molar-refractivity contribution in [3.05, 3.63) is 5.82 Å². The molecule has 0 aliphatic carbocycles. The van der Waals surface area contributed by atoms with E-state index in [1.807, 2.05) is 0 Å². The van der Waals surface area contributed by atoms with E-state index < -0.39 is 0 Å². The van der Waals surface area contributed by atoms with Gasteiger partial charge in [0.05, 0.1) is 6.54 Å². The van der Waals surface area contributed by atoms with Gasteiger partial charge in [0, 0.05) is 7.05 Å². The Morgan fingerprint density at radius 2 is 2.45 bits per heavy atom. The van der Waals surface area contributed by atoms with Crippen LogP contribution in [0.2, 0.25) is 0 Å². The van der Waals surface area contributed by atoms with Crippen LogP contribution in [-0.2, 0) is 7.05 Å². The number of aryl methyl sites for hydroxylation is 1. The molecule has 1 aromatic heterocycles. The second-order valence-corrected chi connectivity index (χ2v) is 2.08. The zero-order valence-corrected chi connectivity index (χ0v) is 6.40. The Bertz CT molecular complexity index is 255. The van der Waals surface area contributed by atoms with Crippen molar-refractivity contribution in [1.29, 1.82) is 0 Å². The van der Waals surface area contributed by atoms with Gasteiger partial charge in [0.15, 0.2) is 0 Å². The molecular formula is C5H9N5O. The largest absolute Gasteiger partial charge is 0.313 e. The minimum Gasteiger partial charge on any atom is -0.313 e. The molecule has 6 heteroatoms. The van der Waals surface area contributed by atoms with Gasteiger partial charge in [0.1, 0.15) is 0 Å². The number of carbonyl (C=O) groups is 1. The Balaban J connectivity index is 2.76. The normalized spacial score (nSPS) is 10.0. The Morgan fingerprint density at radius 1 is 1.73 bits per heavy atom. The van der Waals surface area contributed by atoms with E-state index >= 15 is 0 Å². The molecular weight excluding hydrogens is 146 g/mol. The molecule has 1 N–H and O–H groups in total. The van der Waals surface area contributed by atoms with Crippen molar-refractivity contribution in [1.82, 2.24) is 25.5 Å².